The molecule has 20 heavy (non-hydrogen) atoms. The molecule has 1 aromatic carbocycles. The van der Waals surface area contributed by atoms with Gasteiger partial charge in [-0.25, -0.2) is 17.6 Å². The minimum atomic E-state index is -1.57. The minimum Gasteiger partial charge on any atom is -0.385 e. The standard InChI is InChI=1S/C12H14F4N2O2/c1-20-4-2-3-17-9(19)6-18-12-10(15)7(13)5-8(14)11(12)16/h5,18H,2-4,6H2,1H3,(H,17,19). The summed E-state index contributed by atoms with van der Waals surface area (Å²) in [6.07, 6.45) is 0.569. The lowest BCUT2D eigenvalue weighted by Crippen LogP contribution is -2.31. The molecule has 0 saturated carbocycles. The van der Waals surface area contributed by atoms with Crippen molar-refractivity contribution in [1.29, 1.82) is 0 Å². The molecule has 0 heterocycles. The smallest absolute Gasteiger partial charge is 0.239 e. The van der Waals surface area contributed by atoms with E-state index in [-0.39, 0.29) is 6.07 Å². The van der Waals surface area contributed by atoms with Crippen LogP contribution in [0.4, 0.5) is 23.2 Å². The third kappa shape index (κ3) is 4.37. The van der Waals surface area contributed by atoms with Crippen LogP contribution >= 0.6 is 0 Å². The third-order valence-corrected chi connectivity index (χ3v) is 2.38. The number of amides is 1. The Labute approximate surface area is 113 Å². The number of hydrogen-bond acceptors (Lipinski definition) is 3. The van der Waals surface area contributed by atoms with Gasteiger partial charge in [0, 0.05) is 26.3 Å². The number of nitrogens with one attached hydrogen (secondary N) is 2. The van der Waals surface area contributed by atoms with Gasteiger partial charge < -0.3 is 15.4 Å². The molecule has 0 aliphatic rings. The van der Waals surface area contributed by atoms with E-state index in [0.29, 0.717) is 19.6 Å². The fraction of sp³-hybridized carbons (Fsp3) is 0.417. The first-order chi connectivity index (χ1) is 9.47. The van der Waals surface area contributed by atoms with Gasteiger partial charge in [0.25, 0.3) is 0 Å². The summed E-state index contributed by atoms with van der Waals surface area (Å²) in [5.41, 5.74) is -1.01. The van der Waals surface area contributed by atoms with E-state index in [2.05, 4.69) is 5.32 Å². The van der Waals surface area contributed by atoms with Crippen molar-refractivity contribution in [3.8, 4) is 0 Å². The van der Waals surface area contributed by atoms with Crippen LogP contribution in [0.25, 0.3) is 0 Å². The summed E-state index contributed by atoms with van der Waals surface area (Å²) in [7, 11) is 1.51. The van der Waals surface area contributed by atoms with Gasteiger partial charge in [0.2, 0.25) is 5.91 Å². The first kappa shape index (κ1) is 16.2. The van der Waals surface area contributed by atoms with Crippen LogP contribution in [0.3, 0.4) is 0 Å². The second kappa shape index (κ2) is 7.68. The number of methoxy groups -OCH3 is 1. The van der Waals surface area contributed by atoms with Crippen molar-refractivity contribution < 1.29 is 27.1 Å². The van der Waals surface area contributed by atoms with E-state index in [1.165, 1.54) is 7.11 Å². The van der Waals surface area contributed by atoms with Gasteiger partial charge in [-0.3, -0.25) is 4.79 Å². The number of ether oxygens (including phenoxy) is 1. The maximum absolute atomic E-state index is 13.3. The number of anilines is 1. The van der Waals surface area contributed by atoms with Crippen LogP contribution in [-0.2, 0) is 9.53 Å². The van der Waals surface area contributed by atoms with Crippen LogP contribution in [0.5, 0.6) is 0 Å². The van der Waals surface area contributed by atoms with Gasteiger partial charge in [0.05, 0.1) is 6.54 Å². The molecule has 4 nitrogen and oxygen atoms in total. The molecule has 0 spiro atoms. The third-order valence-electron chi connectivity index (χ3n) is 2.38. The molecule has 8 heteroatoms. The molecule has 0 fully saturated rings. The SMILES string of the molecule is COCCCNC(=O)CNc1c(F)c(F)cc(F)c1F. The van der Waals surface area contributed by atoms with Crippen molar-refractivity contribution in [2.24, 2.45) is 0 Å². The van der Waals surface area contributed by atoms with E-state index in [0.717, 1.165) is 0 Å². The van der Waals surface area contributed by atoms with E-state index < -0.39 is 41.4 Å². The van der Waals surface area contributed by atoms with Crippen molar-refractivity contribution in [2.45, 2.75) is 6.42 Å². The Morgan fingerprint density at radius 1 is 1.20 bits per heavy atom. The van der Waals surface area contributed by atoms with Gasteiger partial charge in [-0.05, 0) is 6.42 Å². The largest absolute Gasteiger partial charge is 0.385 e. The number of benzene rings is 1. The summed E-state index contributed by atoms with van der Waals surface area (Å²) in [5, 5.41) is 4.47. The second-order valence-electron chi connectivity index (χ2n) is 3.89. The Morgan fingerprint density at radius 3 is 2.35 bits per heavy atom. The van der Waals surface area contributed by atoms with Crippen LogP contribution in [0.1, 0.15) is 6.42 Å². The highest BCUT2D eigenvalue weighted by Crippen LogP contribution is 2.23. The van der Waals surface area contributed by atoms with Crippen LogP contribution in [-0.4, -0.2) is 32.7 Å². The summed E-state index contributed by atoms with van der Waals surface area (Å²) in [5.74, 6) is -6.78. The lowest BCUT2D eigenvalue weighted by Gasteiger charge is -2.10. The van der Waals surface area contributed by atoms with Crippen molar-refractivity contribution in [3.63, 3.8) is 0 Å². The summed E-state index contributed by atoms with van der Waals surface area (Å²) >= 11 is 0. The molecule has 0 aliphatic carbocycles. The zero-order valence-electron chi connectivity index (χ0n) is 10.7. The van der Waals surface area contributed by atoms with Crippen LogP contribution in [0.2, 0.25) is 0 Å². The van der Waals surface area contributed by atoms with Gasteiger partial charge in [-0.2, -0.15) is 0 Å². The molecule has 0 atom stereocenters. The molecule has 112 valence electrons. The Hall–Kier alpha value is -1.83. The maximum Gasteiger partial charge on any atom is 0.239 e. The minimum absolute atomic E-state index is 0.0979. The molecular formula is C12H14F4N2O2. The fourth-order valence-electron chi connectivity index (χ4n) is 1.40. The average Bonchev–Trinajstić information content (AvgIpc) is 2.41. The number of rotatable bonds is 7. The van der Waals surface area contributed by atoms with E-state index in [1.807, 2.05) is 5.32 Å². The average molecular weight is 294 g/mol. The molecule has 0 aliphatic heterocycles. The molecule has 0 bridgehead atoms. The molecule has 0 unspecified atom stereocenters. The lowest BCUT2D eigenvalue weighted by atomic mass is 10.2. The Kier molecular flexibility index (Phi) is 6.23. The van der Waals surface area contributed by atoms with Crippen molar-refractivity contribution in [3.05, 3.63) is 29.3 Å². The summed E-state index contributed by atoms with van der Waals surface area (Å²) in [4.78, 5) is 11.3. The Balaban J connectivity index is 2.55. The number of hydrogen-bond donors (Lipinski definition) is 2. The first-order valence-corrected chi connectivity index (χ1v) is 5.79. The highest BCUT2D eigenvalue weighted by molar-refractivity contribution is 5.80. The molecule has 1 amide bonds. The molecule has 1 aromatic rings. The number of halogens is 4. The van der Waals surface area contributed by atoms with E-state index in [4.69, 9.17) is 4.74 Å². The Bertz CT molecular complexity index is 457. The van der Waals surface area contributed by atoms with Crippen LogP contribution in [0.15, 0.2) is 6.07 Å². The van der Waals surface area contributed by atoms with Crippen molar-refractivity contribution in [2.75, 3.05) is 32.1 Å². The van der Waals surface area contributed by atoms with Gasteiger partial charge in [-0.15, -0.1) is 0 Å². The highest BCUT2D eigenvalue weighted by Gasteiger charge is 2.19. The highest BCUT2D eigenvalue weighted by atomic mass is 19.2. The second-order valence-corrected chi connectivity index (χ2v) is 3.89. The van der Waals surface area contributed by atoms with E-state index in [1.54, 1.807) is 0 Å². The monoisotopic (exact) mass is 294 g/mol. The van der Waals surface area contributed by atoms with Crippen molar-refractivity contribution in [1.82, 2.24) is 5.32 Å². The quantitative estimate of drug-likeness (QED) is 0.458. The molecule has 1 rings (SSSR count). The predicted octanol–water partition coefficient (Wildman–Crippen LogP) is 1.81. The fourth-order valence-corrected chi connectivity index (χ4v) is 1.40. The molecule has 0 saturated heterocycles. The van der Waals surface area contributed by atoms with E-state index >= 15 is 0 Å². The van der Waals surface area contributed by atoms with Gasteiger partial charge in [-0.1, -0.05) is 0 Å². The van der Waals surface area contributed by atoms with E-state index in [9.17, 15) is 22.4 Å². The molecule has 0 aromatic heterocycles. The summed E-state index contributed by atoms with van der Waals surface area (Å²) < 4.78 is 57.1. The van der Waals surface area contributed by atoms with Crippen LogP contribution < -0.4 is 10.6 Å². The number of carbonyl (C=O) groups is 1. The summed E-state index contributed by atoms with van der Waals surface area (Å²) in [6.45, 7) is 0.257. The van der Waals surface area contributed by atoms with Gasteiger partial charge in [0.15, 0.2) is 23.3 Å². The Morgan fingerprint density at radius 2 is 1.80 bits per heavy atom. The molecule has 0 radical (unpaired) electrons. The van der Waals surface area contributed by atoms with Crippen molar-refractivity contribution >= 4 is 11.6 Å². The molecule has 2 N–H and O–H groups in total. The van der Waals surface area contributed by atoms with Crippen LogP contribution in [0, 0.1) is 23.3 Å². The first-order valence-electron chi connectivity index (χ1n) is 5.79. The maximum atomic E-state index is 13.3. The molecular weight excluding hydrogens is 280 g/mol. The zero-order valence-corrected chi connectivity index (χ0v) is 10.7. The lowest BCUT2D eigenvalue weighted by molar-refractivity contribution is -0.119. The van der Waals surface area contributed by atoms with Gasteiger partial charge >= 0.3 is 0 Å². The zero-order chi connectivity index (χ0) is 15.1. The topological polar surface area (TPSA) is 50.4 Å². The predicted molar refractivity (Wildman–Crippen MR) is 64.3 cm³/mol. The normalized spacial score (nSPS) is 10.4. The number of carbonyl (C=O) groups excluding carboxylic acids is 1. The van der Waals surface area contributed by atoms with Gasteiger partial charge in [0.1, 0.15) is 5.69 Å². The summed E-state index contributed by atoms with van der Waals surface area (Å²) in [6, 6.07) is 0.0979.